The summed E-state index contributed by atoms with van der Waals surface area (Å²) in [5.74, 6) is -0.566. The van der Waals surface area contributed by atoms with Crippen LogP contribution in [-0.4, -0.2) is 14.3 Å². The first kappa shape index (κ1) is 23.9. The van der Waals surface area contributed by atoms with E-state index < -0.39 is 15.9 Å². The summed E-state index contributed by atoms with van der Waals surface area (Å²) in [5.41, 5.74) is 1.27. The first-order chi connectivity index (χ1) is 14.7. The lowest BCUT2D eigenvalue weighted by Gasteiger charge is -2.13. The molecule has 1 amide bonds. The van der Waals surface area contributed by atoms with Crippen molar-refractivity contribution in [2.75, 3.05) is 0 Å². The van der Waals surface area contributed by atoms with Gasteiger partial charge in [-0.2, -0.15) is 0 Å². The van der Waals surface area contributed by atoms with Crippen molar-refractivity contribution in [2.24, 2.45) is 0 Å². The molecule has 2 N–H and O–H groups in total. The van der Waals surface area contributed by atoms with Gasteiger partial charge in [0.05, 0.1) is 15.6 Å². The molecule has 3 rings (SSSR count). The van der Waals surface area contributed by atoms with Crippen LogP contribution >= 0.6 is 46.4 Å². The Bertz CT molecular complexity index is 1230. The number of nitrogens with one attached hydrogen (secondary N) is 2. The highest BCUT2D eigenvalue weighted by molar-refractivity contribution is 7.89. The van der Waals surface area contributed by atoms with E-state index in [4.69, 9.17) is 46.4 Å². The van der Waals surface area contributed by atoms with Crippen LogP contribution in [0.4, 0.5) is 0 Å². The standard InChI is InChI=1S/C21H16Cl4N2O3S/c22-16-7-3-1-5-13(16)11-26-21(28)15-9-20(19(25)10-18(15)24)31(29,30)27-12-14-6-2-4-8-17(14)23/h1-10,27H,11-12H2,(H,26,28). The smallest absolute Gasteiger partial charge is 0.253 e. The van der Waals surface area contributed by atoms with Gasteiger partial charge in [-0.1, -0.05) is 82.8 Å². The molecular formula is C21H16Cl4N2O3S. The van der Waals surface area contributed by atoms with Crippen molar-refractivity contribution in [1.82, 2.24) is 10.0 Å². The lowest BCUT2D eigenvalue weighted by molar-refractivity contribution is 0.0951. The molecular weight excluding hydrogens is 502 g/mol. The molecule has 0 spiro atoms. The van der Waals surface area contributed by atoms with E-state index >= 15 is 0 Å². The Hall–Kier alpha value is -1.80. The summed E-state index contributed by atoms with van der Waals surface area (Å²) in [6, 6.07) is 16.2. The highest BCUT2D eigenvalue weighted by Gasteiger charge is 2.23. The molecule has 0 aliphatic heterocycles. The summed E-state index contributed by atoms with van der Waals surface area (Å²) < 4.78 is 28.1. The first-order valence-electron chi connectivity index (χ1n) is 8.93. The van der Waals surface area contributed by atoms with Gasteiger partial charge >= 0.3 is 0 Å². The minimum Gasteiger partial charge on any atom is -0.348 e. The summed E-state index contributed by atoms with van der Waals surface area (Å²) in [7, 11) is -4.05. The van der Waals surface area contributed by atoms with Crippen LogP contribution in [-0.2, 0) is 23.1 Å². The van der Waals surface area contributed by atoms with Gasteiger partial charge in [0.15, 0.2) is 0 Å². The number of amides is 1. The number of hydrogen-bond donors (Lipinski definition) is 2. The number of carbonyl (C=O) groups is 1. The quantitative estimate of drug-likeness (QED) is 0.421. The van der Waals surface area contributed by atoms with Crippen molar-refractivity contribution in [3.63, 3.8) is 0 Å². The summed E-state index contributed by atoms with van der Waals surface area (Å²) in [5, 5.41) is 3.51. The Morgan fingerprint density at radius 3 is 1.87 bits per heavy atom. The highest BCUT2D eigenvalue weighted by Crippen LogP contribution is 2.29. The minimum absolute atomic E-state index is 0.0201. The lowest BCUT2D eigenvalue weighted by Crippen LogP contribution is -2.26. The first-order valence-corrected chi connectivity index (χ1v) is 11.9. The highest BCUT2D eigenvalue weighted by atomic mass is 35.5. The fraction of sp³-hybridized carbons (Fsp3) is 0.0952. The molecule has 0 saturated heterocycles. The largest absolute Gasteiger partial charge is 0.348 e. The van der Waals surface area contributed by atoms with E-state index in [0.29, 0.717) is 21.2 Å². The van der Waals surface area contributed by atoms with Gasteiger partial charge in [0.25, 0.3) is 5.91 Å². The van der Waals surface area contributed by atoms with Crippen molar-refractivity contribution < 1.29 is 13.2 Å². The van der Waals surface area contributed by atoms with Crippen molar-refractivity contribution in [3.8, 4) is 0 Å². The van der Waals surface area contributed by atoms with Gasteiger partial charge in [0.1, 0.15) is 4.90 Å². The zero-order chi connectivity index (χ0) is 22.6. The Labute approximate surface area is 200 Å². The third kappa shape index (κ3) is 5.92. The Morgan fingerprint density at radius 2 is 1.29 bits per heavy atom. The second-order valence-electron chi connectivity index (χ2n) is 6.45. The fourth-order valence-corrected chi connectivity index (χ4v) is 4.98. The summed E-state index contributed by atoms with van der Waals surface area (Å²) >= 11 is 24.4. The number of halogens is 4. The average molecular weight is 518 g/mol. The molecule has 0 atom stereocenters. The van der Waals surface area contributed by atoms with E-state index in [1.165, 1.54) is 6.07 Å². The minimum atomic E-state index is -4.05. The molecule has 0 radical (unpaired) electrons. The monoisotopic (exact) mass is 516 g/mol. The van der Waals surface area contributed by atoms with Crippen molar-refractivity contribution >= 4 is 62.3 Å². The predicted molar refractivity (Wildman–Crippen MR) is 125 cm³/mol. The van der Waals surface area contributed by atoms with Crippen molar-refractivity contribution in [2.45, 2.75) is 18.0 Å². The van der Waals surface area contributed by atoms with Crippen LogP contribution in [0.2, 0.25) is 20.1 Å². The summed E-state index contributed by atoms with van der Waals surface area (Å²) in [6.07, 6.45) is 0. The van der Waals surface area contributed by atoms with E-state index in [1.54, 1.807) is 48.5 Å². The Kier molecular flexibility index (Phi) is 7.86. The van der Waals surface area contributed by atoms with Gasteiger partial charge in [0, 0.05) is 23.1 Å². The lowest BCUT2D eigenvalue weighted by atomic mass is 10.2. The third-order valence-corrected chi connectivity index (χ3v) is 7.28. The molecule has 5 nitrogen and oxygen atoms in total. The van der Waals surface area contributed by atoms with E-state index in [2.05, 4.69) is 10.0 Å². The van der Waals surface area contributed by atoms with Gasteiger partial charge in [-0.15, -0.1) is 0 Å². The molecule has 0 saturated carbocycles. The summed E-state index contributed by atoms with van der Waals surface area (Å²) in [6.45, 7) is 0.0965. The van der Waals surface area contributed by atoms with Crippen molar-refractivity contribution in [3.05, 3.63) is 97.4 Å². The van der Waals surface area contributed by atoms with Crippen molar-refractivity contribution in [1.29, 1.82) is 0 Å². The second-order valence-corrected chi connectivity index (χ2v) is 9.82. The van der Waals surface area contributed by atoms with Crippen LogP contribution in [0.15, 0.2) is 65.6 Å². The van der Waals surface area contributed by atoms with Gasteiger partial charge in [-0.3, -0.25) is 4.79 Å². The number of benzene rings is 3. The SMILES string of the molecule is O=C(NCc1ccccc1Cl)c1cc(S(=O)(=O)NCc2ccccc2Cl)c(Cl)cc1Cl. The molecule has 0 aromatic heterocycles. The van der Waals surface area contributed by atoms with E-state index in [9.17, 15) is 13.2 Å². The van der Waals surface area contributed by atoms with Crippen LogP contribution in [0.3, 0.4) is 0 Å². The predicted octanol–water partition coefficient (Wildman–Crippen LogP) is 5.71. The third-order valence-electron chi connectivity index (χ3n) is 4.36. The van der Waals surface area contributed by atoms with Crippen LogP contribution in [0.25, 0.3) is 0 Å². The number of carbonyl (C=O) groups excluding carboxylic acids is 1. The summed E-state index contributed by atoms with van der Waals surface area (Å²) in [4.78, 5) is 12.4. The maximum atomic E-state index is 12.8. The zero-order valence-electron chi connectivity index (χ0n) is 15.8. The topological polar surface area (TPSA) is 75.3 Å². The molecule has 0 aliphatic rings. The van der Waals surface area contributed by atoms with E-state index in [-0.39, 0.29) is 33.6 Å². The molecule has 31 heavy (non-hydrogen) atoms. The number of rotatable bonds is 7. The molecule has 0 fully saturated rings. The number of hydrogen-bond acceptors (Lipinski definition) is 3. The molecule has 3 aromatic rings. The number of sulfonamides is 1. The van der Waals surface area contributed by atoms with Gasteiger partial charge in [-0.05, 0) is 35.4 Å². The second kappa shape index (κ2) is 10.2. The van der Waals surface area contributed by atoms with Gasteiger partial charge in [-0.25, -0.2) is 13.1 Å². The fourth-order valence-electron chi connectivity index (χ4n) is 2.71. The van der Waals surface area contributed by atoms with E-state index in [1.807, 2.05) is 0 Å². The van der Waals surface area contributed by atoms with E-state index in [0.717, 1.165) is 6.07 Å². The Morgan fingerprint density at radius 1 is 0.742 bits per heavy atom. The van der Waals surface area contributed by atoms with Crippen LogP contribution in [0, 0.1) is 0 Å². The molecule has 3 aromatic carbocycles. The maximum absolute atomic E-state index is 12.8. The molecule has 0 bridgehead atoms. The Balaban J connectivity index is 1.81. The normalized spacial score (nSPS) is 11.4. The van der Waals surface area contributed by atoms with Crippen LogP contribution in [0.5, 0.6) is 0 Å². The molecule has 10 heteroatoms. The molecule has 0 unspecified atom stereocenters. The van der Waals surface area contributed by atoms with Gasteiger partial charge < -0.3 is 5.32 Å². The molecule has 0 aliphatic carbocycles. The molecule has 162 valence electrons. The van der Waals surface area contributed by atoms with Crippen LogP contribution < -0.4 is 10.0 Å². The maximum Gasteiger partial charge on any atom is 0.253 e. The van der Waals surface area contributed by atoms with Gasteiger partial charge in [0.2, 0.25) is 10.0 Å². The zero-order valence-corrected chi connectivity index (χ0v) is 19.7. The molecule has 0 heterocycles. The van der Waals surface area contributed by atoms with Crippen LogP contribution in [0.1, 0.15) is 21.5 Å². The average Bonchev–Trinajstić information content (AvgIpc) is 2.72.